The predicted molar refractivity (Wildman–Crippen MR) is 74.9 cm³/mol. The van der Waals surface area contributed by atoms with Crippen molar-refractivity contribution >= 4 is 11.8 Å². The highest BCUT2D eigenvalue weighted by Gasteiger charge is 2.18. The third kappa shape index (κ3) is 2.90. The normalized spacial score (nSPS) is 21.6. The lowest BCUT2D eigenvalue weighted by Gasteiger charge is -2.20. The zero-order chi connectivity index (χ0) is 12.2. The Bertz CT molecular complexity index is 382. The molecule has 0 bridgehead atoms. The zero-order valence-electron chi connectivity index (χ0n) is 11.1. The van der Waals surface area contributed by atoms with Gasteiger partial charge in [0, 0.05) is 18.7 Å². The van der Waals surface area contributed by atoms with Gasteiger partial charge in [0.05, 0.1) is 0 Å². The summed E-state index contributed by atoms with van der Waals surface area (Å²) in [5.74, 6) is 3.39. The first-order chi connectivity index (χ1) is 8.93. The molecule has 1 aromatic heterocycles. The van der Waals surface area contributed by atoms with E-state index in [1.165, 1.54) is 68.1 Å². The van der Waals surface area contributed by atoms with E-state index < -0.39 is 0 Å². The van der Waals surface area contributed by atoms with Crippen LogP contribution in [0.3, 0.4) is 0 Å². The number of hydrogen-bond acceptors (Lipinski definition) is 3. The van der Waals surface area contributed by atoms with Gasteiger partial charge in [-0.2, -0.15) is 0 Å². The molecule has 0 saturated heterocycles. The molecule has 0 amide bonds. The van der Waals surface area contributed by atoms with Crippen LogP contribution in [0, 0.1) is 5.92 Å². The van der Waals surface area contributed by atoms with Crippen molar-refractivity contribution in [3.63, 3.8) is 0 Å². The molecule has 1 fully saturated rings. The summed E-state index contributed by atoms with van der Waals surface area (Å²) in [7, 11) is 0. The van der Waals surface area contributed by atoms with E-state index in [1.807, 2.05) is 11.8 Å². The van der Waals surface area contributed by atoms with Crippen molar-refractivity contribution in [2.24, 2.45) is 5.92 Å². The van der Waals surface area contributed by atoms with Crippen molar-refractivity contribution in [3.05, 3.63) is 5.82 Å². The third-order valence-corrected chi connectivity index (χ3v) is 5.45. The molecule has 18 heavy (non-hydrogen) atoms. The Morgan fingerprint density at radius 2 is 1.83 bits per heavy atom. The van der Waals surface area contributed by atoms with Gasteiger partial charge >= 0.3 is 0 Å². The molecule has 0 N–H and O–H groups in total. The van der Waals surface area contributed by atoms with Crippen LogP contribution in [0.2, 0.25) is 0 Å². The highest BCUT2D eigenvalue weighted by molar-refractivity contribution is 7.99. The van der Waals surface area contributed by atoms with E-state index in [4.69, 9.17) is 0 Å². The number of rotatable bonds is 3. The lowest BCUT2D eigenvalue weighted by molar-refractivity contribution is 0.390. The van der Waals surface area contributed by atoms with Gasteiger partial charge in [-0.25, -0.2) is 0 Å². The van der Waals surface area contributed by atoms with Gasteiger partial charge in [-0.05, 0) is 31.6 Å². The Labute approximate surface area is 114 Å². The Morgan fingerprint density at radius 1 is 1.00 bits per heavy atom. The second-order valence-corrected chi connectivity index (χ2v) is 6.66. The molecule has 0 atom stereocenters. The molecule has 1 aromatic rings. The van der Waals surface area contributed by atoms with Crippen LogP contribution in [-0.2, 0) is 13.0 Å². The summed E-state index contributed by atoms with van der Waals surface area (Å²) < 4.78 is 2.38. The van der Waals surface area contributed by atoms with Crippen molar-refractivity contribution in [1.29, 1.82) is 0 Å². The summed E-state index contributed by atoms with van der Waals surface area (Å²) in [4.78, 5) is 0. The number of aromatic nitrogens is 3. The van der Waals surface area contributed by atoms with Crippen LogP contribution in [0.1, 0.15) is 57.2 Å². The molecule has 2 heterocycles. The Hall–Kier alpha value is -0.510. The number of aryl methyl sites for hydroxylation is 1. The molecule has 100 valence electrons. The molecule has 0 unspecified atom stereocenters. The quantitative estimate of drug-likeness (QED) is 0.781. The molecule has 0 radical (unpaired) electrons. The van der Waals surface area contributed by atoms with Crippen LogP contribution in [0.4, 0.5) is 0 Å². The maximum absolute atomic E-state index is 4.40. The van der Waals surface area contributed by atoms with Crippen LogP contribution in [0.5, 0.6) is 0 Å². The van der Waals surface area contributed by atoms with Gasteiger partial charge in [0.1, 0.15) is 5.82 Å². The minimum Gasteiger partial charge on any atom is -0.306 e. The topological polar surface area (TPSA) is 30.7 Å². The van der Waals surface area contributed by atoms with Gasteiger partial charge < -0.3 is 4.57 Å². The van der Waals surface area contributed by atoms with Gasteiger partial charge in [0.15, 0.2) is 5.16 Å². The molecule has 1 aliphatic carbocycles. The second kappa shape index (κ2) is 6.09. The van der Waals surface area contributed by atoms with Crippen molar-refractivity contribution in [2.75, 3.05) is 5.75 Å². The molecular weight excluding hydrogens is 242 g/mol. The Morgan fingerprint density at radius 3 is 2.72 bits per heavy atom. The van der Waals surface area contributed by atoms with Crippen LogP contribution in [0.15, 0.2) is 5.16 Å². The summed E-state index contributed by atoms with van der Waals surface area (Å²) >= 11 is 1.95. The summed E-state index contributed by atoms with van der Waals surface area (Å²) in [5, 5.41) is 9.95. The highest BCUT2D eigenvalue weighted by Crippen LogP contribution is 2.30. The SMILES string of the molecule is C1CCC(CSc2nnc3n2CCCCC3)CC1. The third-order valence-electron chi connectivity index (χ3n) is 4.25. The largest absolute Gasteiger partial charge is 0.306 e. The first-order valence-electron chi connectivity index (χ1n) is 7.48. The van der Waals surface area contributed by atoms with Gasteiger partial charge in [0.25, 0.3) is 0 Å². The molecule has 0 aromatic carbocycles. The molecule has 0 spiro atoms. The van der Waals surface area contributed by atoms with E-state index in [2.05, 4.69) is 14.8 Å². The molecule has 3 nitrogen and oxygen atoms in total. The molecule has 4 heteroatoms. The van der Waals surface area contributed by atoms with Crippen molar-refractivity contribution < 1.29 is 0 Å². The van der Waals surface area contributed by atoms with Crippen LogP contribution in [0.25, 0.3) is 0 Å². The molecule has 2 aliphatic rings. The van der Waals surface area contributed by atoms with E-state index in [0.717, 1.165) is 18.9 Å². The van der Waals surface area contributed by atoms with Gasteiger partial charge in [-0.1, -0.05) is 37.4 Å². The smallest absolute Gasteiger partial charge is 0.191 e. The molecule has 1 saturated carbocycles. The summed E-state index contributed by atoms with van der Waals surface area (Å²) in [6.45, 7) is 1.13. The van der Waals surface area contributed by atoms with Crippen molar-refractivity contribution in [1.82, 2.24) is 14.8 Å². The molecule has 1 aliphatic heterocycles. The Kier molecular flexibility index (Phi) is 4.24. The minimum absolute atomic E-state index is 0.919. The van der Waals surface area contributed by atoms with Crippen LogP contribution >= 0.6 is 11.8 Å². The van der Waals surface area contributed by atoms with Crippen molar-refractivity contribution in [3.8, 4) is 0 Å². The van der Waals surface area contributed by atoms with Crippen LogP contribution < -0.4 is 0 Å². The average molecular weight is 265 g/mol. The minimum atomic E-state index is 0.919. The summed E-state index contributed by atoms with van der Waals surface area (Å²) in [6, 6.07) is 0. The standard InChI is InChI=1S/C14H23N3S/c1-3-7-12(8-4-1)11-18-14-16-15-13-9-5-2-6-10-17(13)14/h12H,1-11H2. The monoisotopic (exact) mass is 265 g/mol. The fourth-order valence-electron chi connectivity index (χ4n) is 3.11. The van der Waals surface area contributed by atoms with E-state index in [0.29, 0.717) is 0 Å². The number of nitrogens with zero attached hydrogens (tertiary/aromatic N) is 3. The lowest BCUT2D eigenvalue weighted by atomic mass is 9.91. The molecule has 3 rings (SSSR count). The number of fused-ring (bicyclic) bond motifs is 1. The Balaban J connectivity index is 1.60. The number of hydrogen-bond donors (Lipinski definition) is 0. The van der Waals surface area contributed by atoms with E-state index in [-0.39, 0.29) is 0 Å². The summed E-state index contributed by atoms with van der Waals surface area (Å²) in [6.07, 6.45) is 12.2. The molecular formula is C14H23N3S. The zero-order valence-corrected chi connectivity index (χ0v) is 11.9. The van der Waals surface area contributed by atoms with Gasteiger partial charge in [-0.15, -0.1) is 10.2 Å². The van der Waals surface area contributed by atoms with Gasteiger partial charge in [0.2, 0.25) is 0 Å². The fourth-order valence-corrected chi connectivity index (χ4v) is 4.28. The maximum atomic E-state index is 4.40. The average Bonchev–Trinajstić information content (AvgIpc) is 2.65. The van der Waals surface area contributed by atoms with E-state index >= 15 is 0 Å². The maximum Gasteiger partial charge on any atom is 0.191 e. The lowest BCUT2D eigenvalue weighted by Crippen LogP contribution is -2.10. The second-order valence-electron chi connectivity index (χ2n) is 5.68. The summed E-state index contributed by atoms with van der Waals surface area (Å²) in [5.41, 5.74) is 0. The first kappa shape index (κ1) is 12.5. The van der Waals surface area contributed by atoms with Crippen molar-refractivity contribution in [2.45, 2.75) is 69.5 Å². The highest BCUT2D eigenvalue weighted by atomic mass is 32.2. The van der Waals surface area contributed by atoms with E-state index in [9.17, 15) is 0 Å². The predicted octanol–water partition coefficient (Wildman–Crippen LogP) is 3.68. The van der Waals surface area contributed by atoms with Gasteiger partial charge in [-0.3, -0.25) is 0 Å². The fraction of sp³-hybridized carbons (Fsp3) is 0.857. The first-order valence-corrected chi connectivity index (χ1v) is 8.47. The number of thioether (sulfide) groups is 1. The van der Waals surface area contributed by atoms with Crippen LogP contribution in [-0.4, -0.2) is 20.5 Å². The van der Waals surface area contributed by atoms with E-state index in [1.54, 1.807) is 0 Å².